The fourth-order valence-electron chi connectivity index (χ4n) is 6.53. The molecule has 0 bridgehead atoms. The molecular formula is C40H84NS+. The van der Waals surface area contributed by atoms with Gasteiger partial charge in [0.05, 0.1) is 20.1 Å². The maximum Gasteiger partial charge on any atom is 0.125 e. The van der Waals surface area contributed by atoms with Gasteiger partial charge in [-0.05, 0) is 37.9 Å². The lowest BCUT2D eigenvalue weighted by Gasteiger charge is -2.34. The number of thioether (sulfide) groups is 1. The Balaban J connectivity index is 4.05. The van der Waals surface area contributed by atoms with E-state index in [1.165, 1.54) is 235 Å². The van der Waals surface area contributed by atoms with Crippen LogP contribution in [0.5, 0.6) is 0 Å². The van der Waals surface area contributed by atoms with Gasteiger partial charge in [-0.3, -0.25) is 0 Å². The Morgan fingerprint density at radius 1 is 0.310 bits per heavy atom. The second-order valence-corrected chi connectivity index (χ2v) is 15.4. The predicted octanol–water partition coefficient (Wildman–Crippen LogP) is 14.7. The predicted molar refractivity (Wildman–Crippen MR) is 198 cm³/mol. The maximum atomic E-state index is 2.60. The van der Waals surface area contributed by atoms with Crippen molar-refractivity contribution in [2.24, 2.45) is 0 Å². The molecule has 42 heavy (non-hydrogen) atoms. The second kappa shape index (κ2) is 35.8. The zero-order chi connectivity index (χ0) is 30.7. The number of hydrogen-bond acceptors (Lipinski definition) is 1. The molecule has 0 fully saturated rings. The Kier molecular flexibility index (Phi) is 36.0. The van der Waals surface area contributed by atoms with Gasteiger partial charge in [0.1, 0.15) is 5.88 Å². The van der Waals surface area contributed by atoms with E-state index in [1.807, 2.05) is 0 Å². The van der Waals surface area contributed by atoms with Crippen LogP contribution < -0.4 is 0 Å². The summed E-state index contributed by atoms with van der Waals surface area (Å²) in [6.07, 6.45) is 46.6. The third-order valence-corrected chi connectivity index (χ3v) is 11.0. The van der Waals surface area contributed by atoms with Gasteiger partial charge in [-0.2, -0.15) is 0 Å². The van der Waals surface area contributed by atoms with Crippen LogP contribution in [0.4, 0.5) is 0 Å². The molecule has 0 radical (unpaired) electrons. The van der Waals surface area contributed by atoms with Crippen LogP contribution in [0.3, 0.4) is 0 Å². The highest BCUT2D eigenvalue weighted by Gasteiger charge is 2.20. The topological polar surface area (TPSA) is 0 Å². The SMILES string of the molecule is CCCCCCCCCCCCCC[N+](C)(CCCCCCCCCCCCCC)CSCCCCCCCCCC. The lowest BCUT2D eigenvalue weighted by molar-refractivity contribution is -0.897. The van der Waals surface area contributed by atoms with Crippen molar-refractivity contribution in [2.75, 3.05) is 31.8 Å². The summed E-state index contributed by atoms with van der Waals surface area (Å²) in [6.45, 7) is 9.79. The van der Waals surface area contributed by atoms with Crippen LogP contribution in [0.15, 0.2) is 0 Å². The molecule has 0 unspecified atom stereocenters. The van der Waals surface area contributed by atoms with E-state index < -0.39 is 0 Å². The molecule has 0 aromatic heterocycles. The highest BCUT2D eigenvalue weighted by atomic mass is 32.2. The standard InChI is InChI=1S/C40H84NS/c1-5-8-11-14-17-20-22-24-26-28-31-34-37-41(4,40-42-39-36-33-30-19-16-13-10-7-3)38-35-32-29-27-25-23-21-18-15-12-9-6-2/h5-40H2,1-4H3/q+1. The van der Waals surface area contributed by atoms with Gasteiger partial charge < -0.3 is 4.48 Å². The van der Waals surface area contributed by atoms with E-state index in [0.29, 0.717) is 0 Å². The summed E-state index contributed by atoms with van der Waals surface area (Å²) in [7, 11) is 2.60. The van der Waals surface area contributed by atoms with Crippen LogP contribution in [-0.2, 0) is 0 Å². The summed E-state index contributed by atoms with van der Waals surface area (Å²) in [4.78, 5) is 0. The molecule has 0 aliphatic heterocycles. The summed E-state index contributed by atoms with van der Waals surface area (Å²) < 4.78 is 1.33. The molecule has 0 aliphatic carbocycles. The first kappa shape index (κ1) is 42.3. The molecule has 0 aliphatic rings. The maximum absolute atomic E-state index is 2.60. The Morgan fingerprint density at radius 2 is 0.548 bits per heavy atom. The van der Waals surface area contributed by atoms with Gasteiger partial charge in [-0.25, -0.2) is 0 Å². The van der Waals surface area contributed by atoms with Gasteiger partial charge in [0.25, 0.3) is 0 Å². The van der Waals surface area contributed by atoms with Gasteiger partial charge in [0.2, 0.25) is 0 Å². The molecule has 1 nitrogen and oxygen atoms in total. The van der Waals surface area contributed by atoms with Crippen molar-refractivity contribution in [1.29, 1.82) is 0 Å². The number of rotatable bonds is 37. The first-order valence-corrected chi connectivity index (χ1v) is 21.2. The largest absolute Gasteiger partial charge is 0.318 e. The number of unbranched alkanes of at least 4 members (excludes halogenated alkanes) is 29. The normalized spacial score (nSPS) is 12.0. The van der Waals surface area contributed by atoms with E-state index in [-0.39, 0.29) is 0 Å². The van der Waals surface area contributed by atoms with Crippen molar-refractivity contribution in [3.63, 3.8) is 0 Å². The van der Waals surface area contributed by atoms with Crippen molar-refractivity contribution in [1.82, 2.24) is 0 Å². The molecule has 0 saturated heterocycles. The Labute approximate surface area is 273 Å². The molecule has 2 heteroatoms. The molecule has 0 aromatic carbocycles. The van der Waals surface area contributed by atoms with Crippen molar-refractivity contribution >= 4 is 11.8 Å². The first-order chi connectivity index (χ1) is 20.7. The molecule has 0 spiro atoms. The molecule has 0 N–H and O–H groups in total. The van der Waals surface area contributed by atoms with Crippen LogP contribution >= 0.6 is 11.8 Å². The minimum Gasteiger partial charge on any atom is -0.318 e. The zero-order valence-electron chi connectivity index (χ0n) is 30.3. The molecule has 0 saturated carbocycles. The average molecular weight is 611 g/mol. The number of hydrogen-bond donors (Lipinski definition) is 0. The van der Waals surface area contributed by atoms with E-state index in [0.717, 1.165) is 0 Å². The van der Waals surface area contributed by atoms with Crippen LogP contribution in [-0.4, -0.2) is 36.2 Å². The van der Waals surface area contributed by atoms with E-state index in [9.17, 15) is 0 Å². The number of quaternary nitrogens is 1. The lowest BCUT2D eigenvalue weighted by atomic mass is 10.0. The van der Waals surface area contributed by atoms with Crippen molar-refractivity contribution < 1.29 is 4.48 Å². The third kappa shape index (κ3) is 33.2. The van der Waals surface area contributed by atoms with Crippen LogP contribution in [0.25, 0.3) is 0 Å². The van der Waals surface area contributed by atoms with Crippen molar-refractivity contribution in [2.45, 2.75) is 226 Å². The van der Waals surface area contributed by atoms with Gasteiger partial charge in [0, 0.05) is 0 Å². The Bertz CT molecular complexity index is 450. The van der Waals surface area contributed by atoms with E-state index >= 15 is 0 Å². The Morgan fingerprint density at radius 3 is 0.833 bits per heavy atom. The molecule has 254 valence electrons. The van der Waals surface area contributed by atoms with E-state index in [4.69, 9.17) is 0 Å². The van der Waals surface area contributed by atoms with Gasteiger partial charge in [-0.15, -0.1) is 11.8 Å². The molecule has 0 heterocycles. The van der Waals surface area contributed by atoms with Crippen molar-refractivity contribution in [3.8, 4) is 0 Å². The fraction of sp³-hybridized carbons (Fsp3) is 1.00. The first-order valence-electron chi connectivity index (χ1n) is 20.1. The average Bonchev–Trinajstić information content (AvgIpc) is 2.99. The van der Waals surface area contributed by atoms with E-state index in [1.54, 1.807) is 0 Å². The zero-order valence-corrected chi connectivity index (χ0v) is 31.1. The van der Waals surface area contributed by atoms with Crippen LogP contribution in [0.2, 0.25) is 0 Å². The second-order valence-electron chi connectivity index (χ2n) is 14.4. The van der Waals surface area contributed by atoms with Crippen molar-refractivity contribution in [3.05, 3.63) is 0 Å². The summed E-state index contributed by atoms with van der Waals surface area (Å²) in [5.41, 5.74) is 0. The summed E-state index contributed by atoms with van der Waals surface area (Å²) in [5.74, 6) is 2.74. The smallest absolute Gasteiger partial charge is 0.125 e. The van der Waals surface area contributed by atoms with Crippen LogP contribution in [0.1, 0.15) is 226 Å². The van der Waals surface area contributed by atoms with E-state index in [2.05, 4.69) is 39.6 Å². The minimum absolute atomic E-state index is 1.33. The lowest BCUT2D eigenvalue weighted by Crippen LogP contribution is -2.45. The highest BCUT2D eigenvalue weighted by Crippen LogP contribution is 2.20. The van der Waals surface area contributed by atoms with Gasteiger partial charge in [0.15, 0.2) is 0 Å². The molecule has 0 amide bonds. The minimum atomic E-state index is 1.33. The third-order valence-electron chi connectivity index (χ3n) is 9.65. The fourth-order valence-corrected chi connectivity index (χ4v) is 7.77. The summed E-state index contributed by atoms with van der Waals surface area (Å²) in [6, 6.07) is 0. The highest BCUT2D eigenvalue weighted by molar-refractivity contribution is 7.99. The monoisotopic (exact) mass is 611 g/mol. The Hall–Kier alpha value is 0.310. The molecular weight excluding hydrogens is 527 g/mol. The summed E-state index contributed by atoms with van der Waals surface area (Å²) >= 11 is 2.27. The number of nitrogens with zero attached hydrogens (tertiary/aromatic N) is 1. The molecule has 0 rings (SSSR count). The quantitative estimate of drug-likeness (QED) is 0.0383. The molecule has 0 atom stereocenters. The molecule has 0 aromatic rings. The van der Waals surface area contributed by atoms with Gasteiger partial charge in [-0.1, -0.05) is 194 Å². The van der Waals surface area contributed by atoms with Gasteiger partial charge >= 0.3 is 0 Å². The van der Waals surface area contributed by atoms with Crippen LogP contribution in [0, 0.1) is 0 Å². The summed E-state index contributed by atoms with van der Waals surface area (Å²) in [5, 5.41) is 0.